The minimum Gasteiger partial charge on any atom is -0.512 e. The van der Waals surface area contributed by atoms with Gasteiger partial charge in [-0.3, -0.25) is 9.78 Å². The van der Waals surface area contributed by atoms with Gasteiger partial charge in [-0.05, 0) is 131 Å². The first-order valence-corrected chi connectivity index (χ1v) is 29.3. The van der Waals surface area contributed by atoms with E-state index in [1.807, 2.05) is 85.3 Å². The summed E-state index contributed by atoms with van der Waals surface area (Å²) in [6, 6.07) is 84.4. The van der Waals surface area contributed by atoms with Crippen LogP contribution in [0.5, 0.6) is 0 Å². The molecule has 0 amide bonds. The number of rotatable bonds is 9. The molecule has 4 heterocycles. The van der Waals surface area contributed by atoms with E-state index in [2.05, 4.69) is 241 Å². The molecule has 0 saturated carbocycles. The fourth-order valence-corrected chi connectivity index (χ4v) is 9.99. The Bertz CT molecular complexity index is 4280. The molecule has 6 nitrogen and oxygen atoms in total. The molecule has 0 saturated heterocycles. The molecule has 4 radical (unpaired) electrons. The largest absolute Gasteiger partial charge is 0.512 e. The number of fused-ring (bicyclic) bond motifs is 1. The molecule has 10 heteroatoms. The number of carbonyl (C=O) groups excluding carboxylic acids is 1. The average Bonchev–Trinajstić information content (AvgIpc) is 2.30. The second-order valence-electron chi connectivity index (χ2n) is 21.8. The van der Waals surface area contributed by atoms with Gasteiger partial charge in [0.25, 0.3) is 0 Å². The number of allylic oxidation sites excluding steroid dienone is 2. The van der Waals surface area contributed by atoms with Crippen LogP contribution in [-0.4, -0.2) is 30.8 Å². The topological polar surface area (TPSA) is 88.9 Å². The molecule has 4 aromatic heterocycles. The molecule has 91 heavy (non-hydrogen) atoms. The number of aryl methyl sites for hydroxylation is 8. The maximum absolute atomic E-state index is 10.0. The summed E-state index contributed by atoms with van der Waals surface area (Å²) in [6.07, 6.45) is 7.74. The quantitative estimate of drug-likeness (QED) is 0.0880. The van der Waals surface area contributed by atoms with E-state index in [-0.39, 0.29) is 92.0 Å². The van der Waals surface area contributed by atoms with Gasteiger partial charge in [0.1, 0.15) is 0 Å². The van der Waals surface area contributed by atoms with Crippen molar-refractivity contribution in [3.63, 3.8) is 0 Å². The van der Waals surface area contributed by atoms with Crippen LogP contribution in [0.1, 0.15) is 70.8 Å². The van der Waals surface area contributed by atoms with E-state index in [1.165, 1.54) is 103 Å². The molecular weight excluding hydrogens is 1830 g/mol. The van der Waals surface area contributed by atoms with E-state index in [9.17, 15) is 4.79 Å². The number of benzene rings is 8. The van der Waals surface area contributed by atoms with Gasteiger partial charge in [-0.15, -0.1) is 141 Å². The molecule has 12 aromatic rings. The first kappa shape index (κ1) is 75.9. The summed E-state index contributed by atoms with van der Waals surface area (Å²) in [5.74, 6) is -0.0625. The van der Waals surface area contributed by atoms with Crippen LogP contribution in [0.4, 0.5) is 0 Å². The molecule has 0 spiro atoms. The number of aromatic nitrogens is 4. The van der Waals surface area contributed by atoms with E-state index < -0.39 is 0 Å². The summed E-state index contributed by atoms with van der Waals surface area (Å²) in [7, 11) is 0. The number of carbonyl (C=O) groups is 1. The van der Waals surface area contributed by atoms with Crippen molar-refractivity contribution in [2.45, 2.75) is 82.6 Å². The molecule has 1 N–H and O–H groups in total. The van der Waals surface area contributed by atoms with Crippen LogP contribution in [0.2, 0.25) is 0 Å². The van der Waals surface area contributed by atoms with Crippen molar-refractivity contribution in [3.8, 4) is 78.4 Å². The summed E-state index contributed by atoms with van der Waals surface area (Å²) in [5.41, 5.74) is 27.8. The predicted octanol–water partition coefficient (Wildman–Crippen LogP) is 20.4. The molecular formula is C81H74Ir4N4O2-4. The average molecular weight is 1900 g/mol. The molecule has 470 valence electrons. The number of para-hydroxylation sites is 1. The SMILES string of the molecule is CC(=O)C=C(C)O.CCc1ccnc(-c2[c-]ccc(-c3ccccc3)c2)c1.Cc1[c-]c(-c2ccc3ccccc3n2)c(C)cc1.Cc1cc(C)cc(-c2cc[c-]c(-c3ccccn3)c2)c1.Cc1cc(C)cc(-c2cc[c-]c(-c3nccc(C)c3C)c2)c1.[Ir].[Ir].[Ir].[Ir]. The summed E-state index contributed by atoms with van der Waals surface area (Å²) in [6.45, 7) is 21.9. The molecule has 0 fully saturated rings. The van der Waals surface area contributed by atoms with Crippen LogP contribution in [0.3, 0.4) is 0 Å². The van der Waals surface area contributed by atoms with Crippen LogP contribution in [0.15, 0.2) is 237 Å². The van der Waals surface area contributed by atoms with Gasteiger partial charge in [0.05, 0.1) is 11.3 Å². The number of nitrogens with zero attached hydrogens (tertiary/aromatic N) is 4. The number of aliphatic hydroxyl groups excluding tert-OH is 1. The maximum Gasteiger partial charge on any atom is 0.155 e. The van der Waals surface area contributed by atoms with E-state index in [0.717, 1.165) is 62.5 Å². The Morgan fingerprint density at radius 1 is 0.451 bits per heavy atom. The molecule has 0 bridgehead atoms. The van der Waals surface area contributed by atoms with E-state index in [0.29, 0.717) is 0 Å². The van der Waals surface area contributed by atoms with Gasteiger partial charge in [0, 0.05) is 105 Å². The van der Waals surface area contributed by atoms with Gasteiger partial charge in [0.2, 0.25) is 0 Å². The summed E-state index contributed by atoms with van der Waals surface area (Å²) in [5, 5.41) is 9.54. The number of hydrogen-bond donors (Lipinski definition) is 1. The normalized spacial score (nSPS) is 10.2. The van der Waals surface area contributed by atoms with Crippen LogP contribution in [0.25, 0.3) is 89.3 Å². The van der Waals surface area contributed by atoms with Crippen molar-refractivity contribution in [2.75, 3.05) is 0 Å². The Hall–Kier alpha value is -7.57. The van der Waals surface area contributed by atoms with Gasteiger partial charge in [-0.25, -0.2) is 0 Å². The van der Waals surface area contributed by atoms with Crippen molar-refractivity contribution in [3.05, 3.63) is 311 Å². The van der Waals surface area contributed by atoms with E-state index >= 15 is 0 Å². The number of pyridine rings is 4. The summed E-state index contributed by atoms with van der Waals surface area (Å²) in [4.78, 5) is 28.1. The summed E-state index contributed by atoms with van der Waals surface area (Å²) < 4.78 is 0. The Balaban J connectivity index is 0.000000247. The zero-order chi connectivity index (χ0) is 61.8. The van der Waals surface area contributed by atoms with Crippen molar-refractivity contribution in [2.24, 2.45) is 0 Å². The molecule has 12 rings (SSSR count). The maximum atomic E-state index is 10.0. The van der Waals surface area contributed by atoms with Gasteiger partial charge >= 0.3 is 0 Å². The van der Waals surface area contributed by atoms with Crippen LogP contribution in [-0.2, 0) is 91.6 Å². The molecule has 0 aliphatic rings. The minimum absolute atomic E-state index is 0. The van der Waals surface area contributed by atoms with Gasteiger partial charge in [0.15, 0.2) is 5.78 Å². The first-order valence-electron chi connectivity index (χ1n) is 29.3. The number of aliphatic hydroxyl groups is 1. The van der Waals surface area contributed by atoms with Gasteiger partial charge in [-0.2, -0.15) is 0 Å². The molecule has 0 aliphatic carbocycles. The Morgan fingerprint density at radius 3 is 1.54 bits per heavy atom. The molecule has 0 unspecified atom stereocenters. The third-order valence-electron chi connectivity index (χ3n) is 14.4. The zero-order valence-corrected chi connectivity index (χ0v) is 62.7. The Morgan fingerprint density at radius 2 is 0.978 bits per heavy atom. The number of ketones is 1. The van der Waals surface area contributed by atoms with Gasteiger partial charge in [-0.1, -0.05) is 175 Å². The minimum atomic E-state index is -0.125. The standard InChI is InChI=1S/C21H20N.2C19H16N.C17H14N.C5H8O2.4Ir/c1-14-10-15(2)12-20(11-14)18-6-5-7-19(13-18)21-17(4)16(3)8-9-22-21;1-14-10-15(2)12-18(11-14)16-6-5-7-17(13-16)19-8-3-4-9-20-19;1-2-15-11-12-20-19(13-15)18-10-6-9-17(14-18)16-7-4-3-5-8-16;1-12-7-8-13(2)15(11-12)17-10-9-14-5-3-4-6-16(14)18-17;1-4(6)3-5(2)7;;;;/h5-6,8-13H,1-4H3;3-6,8-13H,1-2H3;3-9,11-14H,2H2,1H3;3-10H,1-2H3;3,6H,1-2H3;;;;/q4*-1;;;;;. The van der Waals surface area contributed by atoms with Crippen molar-refractivity contribution in [1.82, 2.24) is 19.9 Å². The van der Waals surface area contributed by atoms with Crippen molar-refractivity contribution in [1.29, 1.82) is 0 Å². The predicted molar refractivity (Wildman–Crippen MR) is 362 cm³/mol. The van der Waals surface area contributed by atoms with Crippen molar-refractivity contribution >= 4 is 16.7 Å². The molecule has 8 aromatic carbocycles. The number of hydrogen-bond acceptors (Lipinski definition) is 6. The third kappa shape index (κ3) is 22.7. The van der Waals surface area contributed by atoms with E-state index in [1.54, 1.807) is 0 Å². The van der Waals surface area contributed by atoms with E-state index in [4.69, 9.17) is 10.1 Å². The molecule has 0 aliphatic heterocycles. The Labute approximate surface area is 593 Å². The fraction of sp³-hybridized carbons (Fsp3) is 0.148. The van der Waals surface area contributed by atoms with Crippen LogP contribution in [0, 0.1) is 79.7 Å². The first-order chi connectivity index (χ1) is 42.0. The second kappa shape index (κ2) is 37.7. The van der Waals surface area contributed by atoms with Gasteiger partial charge < -0.3 is 20.1 Å². The smallest absolute Gasteiger partial charge is 0.155 e. The molecule has 0 atom stereocenters. The van der Waals surface area contributed by atoms with Crippen LogP contribution >= 0.6 is 0 Å². The fourth-order valence-electron chi connectivity index (χ4n) is 9.99. The summed E-state index contributed by atoms with van der Waals surface area (Å²) >= 11 is 0. The zero-order valence-electron chi connectivity index (χ0n) is 53.1. The van der Waals surface area contributed by atoms with Crippen LogP contribution < -0.4 is 0 Å². The third-order valence-corrected chi connectivity index (χ3v) is 14.4. The Kier molecular flexibility index (Phi) is 31.4. The monoisotopic (exact) mass is 1910 g/mol. The van der Waals surface area contributed by atoms with Crippen molar-refractivity contribution < 1.29 is 90.3 Å². The second-order valence-corrected chi connectivity index (χ2v) is 21.8.